The molecule has 0 aliphatic rings. The minimum Gasteiger partial charge on any atom is -0.507 e. The SMILES string of the molecule is C=NC(=O)CCCCc1oc2cc(OC(=O)c3ccccc3)c(O)cc2c1C(=O)c1ccc(O)c(I)c1. The van der Waals surface area contributed by atoms with Gasteiger partial charge in [-0.1, -0.05) is 18.2 Å². The van der Waals surface area contributed by atoms with Gasteiger partial charge in [0, 0.05) is 29.9 Å². The summed E-state index contributed by atoms with van der Waals surface area (Å²) in [6, 6.07) is 15.5. The Morgan fingerprint density at radius 1 is 0.946 bits per heavy atom. The topological polar surface area (TPSA) is 126 Å². The largest absolute Gasteiger partial charge is 0.507 e. The van der Waals surface area contributed by atoms with E-state index < -0.39 is 5.97 Å². The van der Waals surface area contributed by atoms with Crippen LogP contribution in [0.15, 0.2) is 70.1 Å². The molecule has 0 saturated heterocycles. The normalized spacial score (nSPS) is 10.8. The number of phenols is 2. The number of rotatable bonds is 9. The number of fused-ring (bicyclic) bond motifs is 1. The number of aromatic hydroxyl groups is 2. The highest BCUT2D eigenvalue weighted by atomic mass is 127. The van der Waals surface area contributed by atoms with Crippen molar-refractivity contribution in [3.63, 3.8) is 0 Å². The third-order valence-corrected chi connectivity index (χ3v) is 6.58. The van der Waals surface area contributed by atoms with E-state index in [2.05, 4.69) is 11.7 Å². The predicted octanol–water partition coefficient (Wildman–Crippen LogP) is 5.84. The van der Waals surface area contributed by atoms with E-state index in [-0.39, 0.29) is 46.5 Å². The fraction of sp³-hybridized carbons (Fsp3) is 0.143. The Morgan fingerprint density at radius 2 is 1.70 bits per heavy atom. The lowest BCUT2D eigenvalue weighted by Gasteiger charge is -2.07. The first-order chi connectivity index (χ1) is 17.8. The molecule has 0 saturated carbocycles. The Morgan fingerprint density at radius 3 is 2.41 bits per heavy atom. The number of ether oxygens (including phenoxy) is 1. The number of carbonyl (C=O) groups is 3. The number of nitrogens with zero attached hydrogens (tertiary/aromatic N) is 1. The molecule has 3 aromatic carbocycles. The number of unbranched alkanes of at least 4 members (excludes halogenated alkanes) is 1. The van der Waals surface area contributed by atoms with Crippen molar-refractivity contribution in [2.24, 2.45) is 4.99 Å². The number of carbonyl (C=O) groups excluding carboxylic acids is 3. The molecule has 188 valence electrons. The molecule has 1 aromatic heterocycles. The van der Waals surface area contributed by atoms with E-state index in [9.17, 15) is 24.6 Å². The Balaban J connectivity index is 1.72. The number of aryl methyl sites for hydroxylation is 1. The number of amides is 1. The molecule has 2 N–H and O–H groups in total. The quantitative estimate of drug-likeness (QED) is 0.0609. The maximum absolute atomic E-state index is 13.6. The molecule has 0 atom stereocenters. The average Bonchev–Trinajstić information content (AvgIpc) is 3.24. The molecular formula is C28H22INO7. The number of esters is 1. The lowest BCUT2D eigenvalue weighted by molar-refractivity contribution is -0.117. The van der Waals surface area contributed by atoms with Crippen LogP contribution in [0.25, 0.3) is 11.0 Å². The number of benzene rings is 3. The zero-order valence-electron chi connectivity index (χ0n) is 19.6. The molecule has 8 nitrogen and oxygen atoms in total. The van der Waals surface area contributed by atoms with Crippen LogP contribution in [-0.2, 0) is 11.2 Å². The highest BCUT2D eigenvalue weighted by molar-refractivity contribution is 14.1. The predicted molar refractivity (Wildman–Crippen MR) is 146 cm³/mol. The smallest absolute Gasteiger partial charge is 0.343 e. The summed E-state index contributed by atoms with van der Waals surface area (Å²) in [6.07, 6.45) is 1.62. The Bertz CT molecular complexity index is 1510. The van der Waals surface area contributed by atoms with Gasteiger partial charge in [0.25, 0.3) is 0 Å². The number of hydrogen-bond acceptors (Lipinski definition) is 7. The number of aliphatic imine (C=N–C) groups is 1. The minimum atomic E-state index is -0.655. The zero-order valence-corrected chi connectivity index (χ0v) is 21.7. The van der Waals surface area contributed by atoms with Gasteiger partial charge in [0.1, 0.15) is 17.1 Å². The van der Waals surface area contributed by atoms with Crippen LogP contribution in [0, 0.1) is 3.57 Å². The lowest BCUT2D eigenvalue weighted by atomic mass is 9.97. The molecular weight excluding hydrogens is 589 g/mol. The molecule has 9 heteroatoms. The highest BCUT2D eigenvalue weighted by Crippen LogP contribution is 2.38. The molecule has 4 aromatic rings. The number of phenolic OH excluding ortho intramolecular Hbond substituents is 2. The second-order valence-corrected chi connectivity index (χ2v) is 9.39. The van der Waals surface area contributed by atoms with Crippen LogP contribution in [0.2, 0.25) is 0 Å². The van der Waals surface area contributed by atoms with E-state index in [1.807, 2.05) is 22.6 Å². The van der Waals surface area contributed by atoms with Gasteiger partial charge in [-0.05, 0) is 78.5 Å². The number of hydrogen-bond donors (Lipinski definition) is 2. The summed E-state index contributed by atoms with van der Waals surface area (Å²) in [6.45, 7) is 3.23. The first-order valence-electron chi connectivity index (χ1n) is 11.4. The van der Waals surface area contributed by atoms with Gasteiger partial charge in [0.05, 0.1) is 14.7 Å². The van der Waals surface area contributed by atoms with Gasteiger partial charge >= 0.3 is 5.97 Å². The lowest BCUT2D eigenvalue weighted by Crippen LogP contribution is -2.08. The van der Waals surface area contributed by atoms with E-state index >= 15 is 0 Å². The van der Waals surface area contributed by atoms with Crippen molar-refractivity contribution in [3.05, 3.63) is 86.7 Å². The Labute approximate surface area is 225 Å². The zero-order chi connectivity index (χ0) is 26.5. The van der Waals surface area contributed by atoms with Crippen molar-refractivity contribution >= 4 is 57.9 Å². The van der Waals surface area contributed by atoms with Crippen LogP contribution in [0.1, 0.15) is 51.3 Å². The van der Waals surface area contributed by atoms with Gasteiger partial charge < -0.3 is 19.4 Å². The van der Waals surface area contributed by atoms with Crippen molar-refractivity contribution in [1.82, 2.24) is 0 Å². The summed E-state index contributed by atoms with van der Waals surface area (Å²) >= 11 is 1.93. The average molecular weight is 611 g/mol. The van der Waals surface area contributed by atoms with Crippen molar-refractivity contribution in [2.45, 2.75) is 25.7 Å². The monoisotopic (exact) mass is 611 g/mol. The van der Waals surface area contributed by atoms with Gasteiger partial charge in [0.2, 0.25) is 5.91 Å². The molecule has 0 bridgehead atoms. The van der Waals surface area contributed by atoms with E-state index in [1.54, 1.807) is 36.4 Å². The van der Waals surface area contributed by atoms with Crippen molar-refractivity contribution in [3.8, 4) is 17.2 Å². The van der Waals surface area contributed by atoms with Gasteiger partial charge in [-0.2, -0.15) is 0 Å². The summed E-state index contributed by atoms with van der Waals surface area (Å²) < 4.78 is 11.9. The Hall–Kier alpha value is -3.99. The summed E-state index contributed by atoms with van der Waals surface area (Å²) in [5.41, 5.74) is 1.14. The highest BCUT2D eigenvalue weighted by Gasteiger charge is 2.25. The molecule has 0 radical (unpaired) electrons. The van der Waals surface area contributed by atoms with Gasteiger partial charge in [-0.25, -0.2) is 9.79 Å². The number of ketones is 1. The summed E-state index contributed by atoms with van der Waals surface area (Å²) in [5, 5.41) is 20.9. The number of furan rings is 1. The van der Waals surface area contributed by atoms with Crippen LogP contribution in [0.5, 0.6) is 17.2 Å². The van der Waals surface area contributed by atoms with Gasteiger partial charge in [-0.3, -0.25) is 9.59 Å². The third-order valence-electron chi connectivity index (χ3n) is 5.71. The summed E-state index contributed by atoms with van der Waals surface area (Å²) in [5.74, 6) is -1.34. The summed E-state index contributed by atoms with van der Waals surface area (Å²) in [7, 11) is 0. The molecule has 0 fully saturated rings. The Kier molecular flexibility index (Phi) is 8.02. The first kappa shape index (κ1) is 26.1. The first-order valence-corrected chi connectivity index (χ1v) is 12.4. The fourth-order valence-electron chi connectivity index (χ4n) is 3.84. The molecule has 1 heterocycles. The molecule has 37 heavy (non-hydrogen) atoms. The van der Waals surface area contributed by atoms with Crippen LogP contribution in [-0.4, -0.2) is 34.6 Å². The van der Waals surface area contributed by atoms with Crippen LogP contribution >= 0.6 is 22.6 Å². The second-order valence-electron chi connectivity index (χ2n) is 8.23. The standard InChI is InChI=1S/C28H22INO7/c1-30-25(33)10-6-5-9-22-26(27(34)17-11-12-20(31)19(29)13-17)18-14-21(32)24(15-23(18)36-22)37-28(35)16-7-3-2-4-8-16/h2-4,7-8,11-15,31-32H,1,5-6,9-10H2. The summed E-state index contributed by atoms with van der Waals surface area (Å²) in [4.78, 5) is 40.9. The van der Waals surface area contributed by atoms with Crippen molar-refractivity contribution < 1.29 is 33.8 Å². The second kappa shape index (κ2) is 11.4. The van der Waals surface area contributed by atoms with Crippen LogP contribution in [0.3, 0.4) is 0 Å². The fourth-order valence-corrected chi connectivity index (χ4v) is 4.35. The molecule has 0 spiro atoms. The minimum absolute atomic E-state index is 0.0532. The van der Waals surface area contributed by atoms with E-state index in [1.165, 1.54) is 24.3 Å². The maximum Gasteiger partial charge on any atom is 0.343 e. The van der Waals surface area contributed by atoms with Gasteiger partial charge in [0.15, 0.2) is 17.3 Å². The van der Waals surface area contributed by atoms with Crippen LogP contribution in [0.4, 0.5) is 0 Å². The van der Waals surface area contributed by atoms with Gasteiger partial charge in [-0.15, -0.1) is 0 Å². The molecule has 0 aliphatic carbocycles. The molecule has 0 aliphatic heterocycles. The van der Waals surface area contributed by atoms with E-state index in [0.717, 1.165) is 0 Å². The van der Waals surface area contributed by atoms with E-state index in [4.69, 9.17) is 9.15 Å². The molecule has 1 amide bonds. The molecule has 4 rings (SSSR count). The molecule has 0 unspecified atom stereocenters. The van der Waals surface area contributed by atoms with E-state index in [0.29, 0.717) is 45.1 Å². The third kappa shape index (κ3) is 5.88. The van der Waals surface area contributed by atoms with Crippen LogP contribution < -0.4 is 4.74 Å². The maximum atomic E-state index is 13.6. The van der Waals surface area contributed by atoms with Crippen molar-refractivity contribution in [2.75, 3.05) is 0 Å². The van der Waals surface area contributed by atoms with Crippen molar-refractivity contribution in [1.29, 1.82) is 0 Å². The number of halogens is 1.